The molecule has 5 nitrogen and oxygen atoms in total. The number of methoxy groups -OCH3 is 1. The molecule has 0 saturated carbocycles. The normalized spacial score (nSPS) is 10.8. The second kappa shape index (κ2) is 8.43. The van der Waals surface area contributed by atoms with Gasteiger partial charge in [-0.1, -0.05) is 29.3 Å². The van der Waals surface area contributed by atoms with Gasteiger partial charge in [0.15, 0.2) is 0 Å². The molecule has 1 amide bonds. The molecule has 2 aromatic carbocycles. The van der Waals surface area contributed by atoms with Crippen molar-refractivity contribution in [2.45, 2.75) is 6.92 Å². The summed E-state index contributed by atoms with van der Waals surface area (Å²) >= 11 is 11.9. The van der Waals surface area contributed by atoms with Crippen LogP contribution in [0.5, 0.6) is 5.75 Å². The Kier molecular flexibility index (Phi) is 6.29. The van der Waals surface area contributed by atoms with Crippen molar-refractivity contribution in [3.8, 4) is 11.8 Å². The summed E-state index contributed by atoms with van der Waals surface area (Å²) < 4.78 is 5.24. The van der Waals surface area contributed by atoms with Gasteiger partial charge >= 0.3 is 0 Å². The van der Waals surface area contributed by atoms with Crippen molar-refractivity contribution < 1.29 is 9.53 Å². The molecule has 0 aliphatic carbocycles. The van der Waals surface area contributed by atoms with Crippen molar-refractivity contribution in [2.24, 2.45) is 0 Å². The van der Waals surface area contributed by atoms with Crippen LogP contribution in [0.25, 0.3) is 0 Å². The van der Waals surface area contributed by atoms with Crippen LogP contribution in [0.4, 0.5) is 11.4 Å². The van der Waals surface area contributed by atoms with E-state index < -0.39 is 5.91 Å². The Morgan fingerprint density at radius 3 is 2.68 bits per heavy atom. The summed E-state index contributed by atoms with van der Waals surface area (Å²) in [6.45, 7) is 1.84. The third-order valence-electron chi connectivity index (χ3n) is 3.30. The summed E-state index contributed by atoms with van der Waals surface area (Å²) in [6, 6.07) is 11.9. The van der Waals surface area contributed by atoms with Gasteiger partial charge in [0.2, 0.25) is 0 Å². The van der Waals surface area contributed by atoms with Crippen LogP contribution in [-0.4, -0.2) is 13.0 Å². The molecule has 25 heavy (non-hydrogen) atoms. The Hall–Kier alpha value is -2.68. The lowest BCUT2D eigenvalue weighted by atomic mass is 10.2. The number of amides is 1. The minimum absolute atomic E-state index is 0.102. The summed E-state index contributed by atoms with van der Waals surface area (Å²) in [6.07, 6.45) is 1.31. The van der Waals surface area contributed by atoms with Gasteiger partial charge in [0.05, 0.1) is 12.8 Å². The number of carbonyl (C=O) groups is 1. The molecule has 128 valence electrons. The first-order valence-corrected chi connectivity index (χ1v) is 7.98. The van der Waals surface area contributed by atoms with Crippen molar-refractivity contribution >= 4 is 40.5 Å². The van der Waals surface area contributed by atoms with Crippen LogP contribution < -0.4 is 15.4 Å². The lowest BCUT2D eigenvalue weighted by Crippen LogP contribution is -2.14. The Balaban J connectivity index is 2.19. The van der Waals surface area contributed by atoms with Crippen LogP contribution in [0.15, 0.2) is 48.2 Å². The minimum atomic E-state index is -0.554. The molecule has 0 fully saturated rings. The van der Waals surface area contributed by atoms with Gasteiger partial charge in [-0.05, 0) is 36.8 Å². The van der Waals surface area contributed by atoms with E-state index in [0.717, 1.165) is 5.56 Å². The fourth-order valence-corrected chi connectivity index (χ4v) is 2.35. The molecule has 0 radical (unpaired) electrons. The maximum Gasteiger partial charge on any atom is 0.267 e. The summed E-state index contributed by atoms with van der Waals surface area (Å²) in [7, 11) is 1.51. The Morgan fingerprint density at radius 2 is 2.04 bits per heavy atom. The predicted octanol–water partition coefficient (Wildman–Crippen LogP) is 4.77. The van der Waals surface area contributed by atoms with Gasteiger partial charge in [-0.15, -0.1) is 0 Å². The van der Waals surface area contributed by atoms with Gasteiger partial charge in [-0.3, -0.25) is 4.79 Å². The summed E-state index contributed by atoms with van der Waals surface area (Å²) in [4.78, 5) is 12.2. The van der Waals surface area contributed by atoms with Crippen LogP contribution in [0, 0.1) is 18.3 Å². The number of nitrogens with one attached hydrogen (secondary N) is 2. The standard InChI is InChI=1S/C18H15Cl2N3O2/c1-11-6-16(17(25-2)8-15(11)20)22-10-12(9-21)18(24)23-14-5-3-4-13(19)7-14/h3-8,10,22H,1-2H3,(H,23,24)/b12-10-. The summed E-state index contributed by atoms with van der Waals surface area (Å²) in [5.41, 5.74) is 1.82. The van der Waals surface area contributed by atoms with Crippen molar-refractivity contribution in [3.05, 3.63) is 63.8 Å². The second-order valence-corrected chi connectivity index (χ2v) is 5.92. The third kappa shape index (κ3) is 4.90. The molecule has 0 unspecified atom stereocenters. The second-order valence-electron chi connectivity index (χ2n) is 5.08. The first-order valence-electron chi connectivity index (χ1n) is 7.22. The number of benzene rings is 2. The molecule has 2 N–H and O–H groups in total. The Bertz CT molecular complexity index is 873. The lowest BCUT2D eigenvalue weighted by molar-refractivity contribution is -0.112. The van der Waals surface area contributed by atoms with Gasteiger partial charge < -0.3 is 15.4 Å². The topological polar surface area (TPSA) is 74.1 Å². The molecule has 0 aliphatic rings. The number of rotatable bonds is 5. The van der Waals surface area contributed by atoms with Gasteiger partial charge in [0.1, 0.15) is 17.4 Å². The first-order chi connectivity index (χ1) is 11.9. The highest BCUT2D eigenvalue weighted by Gasteiger charge is 2.11. The molecule has 0 atom stereocenters. The quantitative estimate of drug-likeness (QED) is 0.582. The maximum atomic E-state index is 12.2. The number of hydrogen-bond donors (Lipinski definition) is 2. The van der Waals surface area contributed by atoms with Crippen molar-refractivity contribution in [3.63, 3.8) is 0 Å². The van der Waals surface area contributed by atoms with E-state index >= 15 is 0 Å². The van der Waals surface area contributed by atoms with Crippen molar-refractivity contribution in [1.29, 1.82) is 5.26 Å². The van der Waals surface area contributed by atoms with Crippen LogP contribution in [0.1, 0.15) is 5.56 Å². The van der Waals surface area contributed by atoms with Crippen LogP contribution >= 0.6 is 23.2 Å². The number of anilines is 2. The van der Waals surface area contributed by atoms with E-state index in [0.29, 0.717) is 27.2 Å². The molecule has 0 heterocycles. The van der Waals surface area contributed by atoms with Crippen molar-refractivity contribution in [2.75, 3.05) is 17.7 Å². The van der Waals surface area contributed by atoms with Crippen LogP contribution in [-0.2, 0) is 4.79 Å². The summed E-state index contributed by atoms with van der Waals surface area (Å²) in [5, 5.41) is 15.8. The molecule has 0 aliphatic heterocycles. The average molecular weight is 376 g/mol. The van der Waals surface area contributed by atoms with E-state index in [4.69, 9.17) is 27.9 Å². The Morgan fingerprint density at radius 1 is 1.28 bits per heavy atom. The number of ether oxygens (including phenoxy) is 1. The molecular weight excluding hydrogens is 361 g/mol. The molecule has 0 spiro atoms. The highest BCUT2D eigenvalue weighted by molar-refractivity contribution is 6.31. The van der Waals surface area contributed by atoms with Gasteiger partial charge in [-0.25, -0.2) is 0 Å². The highest BCUT2D eigenvalue weighted by atomic mass is 35.5. The number of aryl methyl sites for hydroxylation is 1. The SMILES string of the molecule is COc1cc(Cl)c(C)cc1N/C=C(/C#N)C(=O)Nc1cccc(Cl)c1. The fourth-order valence-electron chi connectivity index (χ4n) is 2.01. The number of nitrogens with zero attached hydrogens (tertiary/aromatic N) is 1. The number of nitriles is 1. The smallest absolute Gasteiger partial charge is 0.267 e. The van der Waals surface area contributed by atoms with E-state index in [1.807, 2.05) is 13.0 Å². The summed E-state index contributed by atoms with van der Waals surface area (Å²) in [5.74, 6) is -0.0543. The average Bonchev–Trinajstić information content (AvgIpc) is 2.58. The Labute approximate surface area is 155 Å². The zero-order valence-electron chi connectivity index (χ0n) is 13.6. The van der Waals surface area contributed by atoms with E-state index in [9.17, 15) is 10.1 Å². The third-order valence-corrected chi connectivity index (χ3v) is 3.94. The maximum absolute atomic E-state index is 12.2. The number of hydrogen-bond acceptors (Lipinski definition) is 4. The van der Waals surface area contributed by atoms with Gasteiger partial charge in [0.25, 0.3) is 5.91 Å². The monoisotopic (exact) mass is 375 g/mol. The molecule has 0 bridgehead atoms. The van der Waals surface area contributed by atoms with Gasteiger partial charge in [0, 0.05) is 28.0 Å². The van der Waals surface area contributed by atoms with Crippen molar-refractivity contribution in [1.82, 2.24) is 0 Å². The molecule has 0 saturated heterocycles. The first kappa shape index (κ1) is 18.7. The van der Waals surface area contributed by atoms with Gasteiger partial charge in [-0.2, -0.15) is 5.26 Å². The zero-order chi connectivity index (χ0) is 18.4. The van der Waals surface area contributed by atoms with Crippen LogP contribution in [0.3, 0.4) is 0 Å². The predicted molar refractivity (Wildman–Crippen MR) is 100 cm³/mol. The lowest BCUT2D eigenvalue weighted by Gasteiger charge is -2.11. The largest absolute Gasteiger partial charge is 0.495 e. The number of carbonyl (C=O) groups excluding carboxylic acids is 1. The molecule has 2 rings (SSSR count). The molecular formula is C18H15Cl2N3O2. The van der Waals surface area contributed by atoms with E-state index in [1.54, 1.807) is 36.4 Å². The van der Waals surface area contributed by atoms with E-state index in [-0.39, 0.29) is 5.57 Å². The fraction of sp³-hybridized carbons (Fsp3) is 0.111. The minimum Gasteiger partial charge on any atom is -0.495 e. The molecule has 7 heteroatoms. The molecule has 2 aromatic rings. The zero-order valence-corrected chi connectivity index (χ0v) is 15.1. The van der Waals surface area contributed by atoms with E-state index in [2.05, 4.69) is 10.6 Å². The number of halogens is 2. The van der Waals surface area contributed by atoms with Crippen LogP contribution in [0.2, 0.25) is 10.0 Å². The van der Waals surface area contributed by atoms with E-state index in [1.165, 1.54) is 13.3 Å². The highest BCUT2D eigenvalue weighted by Crippen LogP contribution is 2.31. The molecule has 0 aromatic heterocycles.